The van der Waals surface area contributed by atoms with E-state index in [0.29, 0.717) is 16.9 Å². The van der Waals surface area contributed by atoms with E-state index in [1.807, 2.05) is 6.07 Å². The van der Waals surface area contributed by atoms with Gasteiger partial charge in [0.25, 0.3) is 0 Å². The number of aromatic nitrogens is 1. The lowest BCUT2D eigenvalue weighted by Gasteiger charge is -2.43. The average molecular weight is 265 g/mol. The topological polar surface area (TPSA) is 24.9 Å². The van der Waals surface area contributed by atoms with Crippen LogP contribution in [0.3, 0.4) is 0 Å². The number of halogens is 1. The summed E-state index contributed by atoms with van der Waals surface area (Å²) in [7, 11) is 0. The molecule has 0 aromatic carbocycles. The Hall–Kier alpha value is -0.760. The lowest BCUT2D eigenvalue weighted by molar-refractivity contribution is 0.155. The van der Waals surface area contributed by atoms with Crippen molar-refractivity contribution < 1.29 is 0 Å². The van der Waals surface area contributed by atoms with Crippen LogP contribution in [0, 0.1) is 16.7 Å². The number of anilines is 1. The maximum Gasteiger partial charge on any atom is 0.0820 e. The van der Waals surface area contributed by atoms with Gasteiger partial charge >= 0.3 is 0 Å². The monoisotopic (exact) mass is 264 g/mol. The summed E-state index contributed by atoms with van der Waals surface area (Å²) < 4.78 is 0. The summed E-state index contributed by atoms with van der Waals surface area (Å²) in [5.41, 5.74) is 1.79. The van der Waals surface area contributed by atoms with Gasteiger partial charge in [0.1, 0.15) is 0 Å². The van der Waals surface area contributed by atoms with Crippen LogP contribution in [0.4, 0.5) is 5.69 Å². The van der Waals surface area contributed by atoms with Crippen molar-refractivity contribution in [1.29, 1.82) is 0 Å². The van der Waals surface area contributed by atoms with Crippen LogP contribution in [-0.2, 0) is 0 Å². The van der Waals surface area contributed by atoms with Gasteiger partial charge in [-0.3, -0.25) is 4.98 Å². The van der Waals surface area contributed by atoms with Crippen LogP contribution in [0.25, 0.3) is 0 Å². The normalized spacial score (nSPS) is 36.9. The molecular formula is C15H21ClN2. The highest BCUT2D eigenvalue weighted by Crippen LogP contribution is 2.63. The van der Waals surface area contributed by atoms with Crippen LogP contribution in [0.2, 0.25) is 5.02 Å². The van der Waals surface area contributed by atoms with E-state index >= 15 is 0 Å². The summed E-state index contributed by atoms with van der Waals surface area (Å²) in [4.78, 5) is 4.05. The van der Waals surface area contributed by atoms with Gasteiger partial charge in [0.2, 0.25) is 0 Å². The molecule has 3 atom stereocenters. The second-order valence-electron chi connectivity index (χ2n) is 6.85. The maximum absolute atomic E-state index is 6.22. The van der Waals surface area contributed by atoms with Crippen molar-refractivity contribution >= 4 is 17.3 Å². The highest BCUT2D eigenvalue weighted by molar-refractivity contribution is 6.33. The van der Waals surface area contributed by atoms with Crippen LogP contribution >= 0.6 is 11.6 Å². The van der Waals surface area contributed by atoms with E-state index in [2.05, 4.69) is 31.1 Å². The predicted octanol–water partition coefficient (Wildman–Crippen LogP) is 4.36. The Morgan fingerprint density at radius 2 is 2.17 bits per heavy atom. The summed E-state index contributed by atoms with van der Waals surface area (Å²) >= 11 is 6.22. The van der Waals surface area contributed by atoms with E-state index in [4.69, 9.17) is 11.6 Å². The summed E-state index contributed by atoms with van der Waals surface area (Å²) in [6.45, 7) is 7.22. The molecule has 3 unspecified atom stereocenters. The molecule has 2 fully saturated rings. The molecule has 1 aromatic rings. The first-order valence-electron chi connectivity index (χ1n) is 6.79. The predicted molar refractivity (Wildman–Crippen MR) is 75.9 cm³/mol. The number of nitrogens with zero attached hydrogens (tertiary/aromatic N) is 1. The van der Waals surface area contributed by atoms with Crippen LogP contribution < -0.4 is 5.32 Å². The molecule has 1 N–H and O–H groups in total. The minimum absolute atomic E-state index is 0.347. The zero-order valence-electron chi connectivity index (χ0n) is 11.3. The Morgan fingerprint density at radius 3 is 2.78 bits per heavy atom. The van der Waals surface area contributed by atoms with Gasteiger partial charge in [-0.25, -0.2) is 0 Å². The largest absolute Gasteiger partial charge is 0.380 e. The fourth-order valence-electron chi connectivity index (χ4n) is 4.31. The van der Waals surface area contributed by atoms with Crippen molar-refractivity contribution in [2.45, 2.75) is 46.1 Å². The molecule has 0 aliphatic heterocycles. The molecule has 0 amide bonds. The SMILES string of the molecule is CC12CCC(C1)C(C)(C)C2Nc1ccncc1Cl. The molecule has 2 aliphatic carbocycles. The van der Waals surface area contributed by atoms with Crippen LogP contribution in [0.5, 0.6) is 0 Å². The minimum atomic E-state index is 0.347. The van der Waals surface area contributed by atoms with E-state index in [1.54, 1.807) is 12.4 Å². The third kappa shape index (κ3) is 1.65. The minimum Gasteiger partial charge on any atom is -0.380 e. The standard InChI is InChI=1S/C15H21ClN2/c1-14(2)10-4-6-15(3,8-10)13(14)18-12-5-7-17-9-11(12)16/h5,7,9-10,13H,4,6,8H2,1-3H3,(H,17,18). The van der Waals surface area contributed by atoms with Crippen molar-refractivity contribution in [1.82, 2.24) is 4.98 Å². The quantitative estimate of drug-likeness (QED) is 0.858. The number of pyridine rings is 1. The zero-order chi connectivity index (χ0) is 13.0. The first-order valence-corrected chi connectivity index (χ1v) is 7.17. The summed E-state index contributed by atoms with van der Waals surface area (Å²) in [6.07, 6.45) is 7.58. The van der Waals surface area contributed by atoms with Crippen LogP contribution in [0.1, 0.15) is 40.0 Å². The smallest absolute Gasteiger partial charge is 0.0820 e. The van der Waals surface area contributed by atoms with E-state index in [9.17, 15) is 0 Å². The number of nitrogens with one attached hydrogen (secondary N) is 1. The molecule has 98 valence electrons. The average Bonchev–Trinajstić information content (AvgIpc) is 2.78. The number of hydrogen-bond acceptors (Lipinski definition) is 2. The van der Waals surface area contributed by atoms with Gasteiger partial charge in [-0.1, -0.05) is 32.4 Å². The number of rotatable bonds is 2. The molecule has 2 aliphatic rings. The third-order valence-electron chi connectivity index (χ3n) is 5.34. The highest BCUT2D eigenvalue weighted by atomic mass is 35.5. The first-order chi connectivity index (χ1) is 8.43. The molecular weight excluding hydrogens is 244 g/mol. The second kappa shape index (κ2) is 3.86. The van der Waals surface area contributed by atoms with Gasteiger partial charge in [0, 0.05) is 18.4 Å². The molecule has 3 rings (SSSR count). The van der Waals surface area contributed by atoms with E-state index in [-0.39, 0.29) is 0 Å². The van der Waals surface area contributed by atoms with Crippen molar-refractivity contribution in [2.75, 3.05) is 5.32 Å². The Morgan fingerprint density at radius 1 is 1.39 bits per heavy atom. The Kier molecular flexibility index (Phi) is 2.64. The van der Waals surface area contributed by atoms with Crippen molar-refractivity contribution in [3.05, 3.63) is 23.5 Å². The maximum atomic E-state index is 6.22. The molecule has 0 spiro atoms. The van der Waals surface area contributed by atoms with Gasteiger partial charge in [-0.2, -0.15) is 0 Å². The number of fused-ring (bicyclic) bond motifs is 2. The molecule has 0 saturated heterocycles. The highest BCUT2D eigenvalue weighted by Gasteiger charge is 2.59. The van der Waals surface area contributed by atoms with Crippen molar-refractivity contribution in [2.24, 2.45) is 16.7 Å². The van der Waals surface area contributed by atoms with E-state index in [0.717, 1.165) is 16.6 Å². The van der Waals surface area contributed by atoms with Crippen LogP contribution in [0.15, 0.2) is 18.5 Å². The third-order valence-corrected chi connectivity index (χ3v) is 5.64. The Balaban J connectivity index is 1.91. The lowest BCUT2D eigenvalue weighted by atomic mass is 9.68. The summed E-state index contributed by atoms with van der Waals surface area (Å²) in [5, 5.41) is 4.42. The lowest BCUT2D eigenvalue weighted by Crippen LogP contribution is -2.45. The molecule has 2 saturated carbocycles. The van der Waals surface area contributed by atoms with Crippen LogP contribution in [-0.4, -0.2) is 11.0 Å². The second-order valence-corrected chi connectivity index (χ2v) is 7.26. The first kappa shape index (κ1) is 12.3. The van der Waals surface area contributed by atoms with Gasteiger partial charge in [0.15, 0.2) is 0 Å². The molecule has 3 heteroatoms. The van der Waals surface area contributed by atoms with Gasteiger partial charge in [-0.05, 0) is 42.1 Å². The van der Waals surface area contributed by atoms with Gasteiger partial charge < -0.3 is 5.32 Å². The molecule has 2 nitrogen and oxygen atoms in total. The van der Waals surface area contributed by atoms with E-state index < -0.39 is 0 Å². The van der Waals surface area contributed by atoms with E-state index in [1.165, 1.54) is 19.3 Å². The van der Waals surface area contributed by atoms with Gasteiger partial charge in [-0.15, -0.1) is 0 Å². The molecule has 18 heavy (non-hydrogen) atoms. The van der Waals surface area contributed by atoms with Gasteiger partial charge in [0.05, 0.1) is 10.7 Å². The number of hydrogen-bond donors (Lipinski definition) is 1. The molecule has 2 bridgehead atoms. The molecule has 1 heterocycles. The summed E-state index contributed by atoms with van der Waals surface area (Å²) in [5.74, 6) is 0.848. The zero-order valence-corrected chi connectivity index (χ0v) is 12.1. The summed E-state index contributed by atoms with van der Waals surface area (Å²) in [6, 6.07) is 2.48. The Labute approximate surface area is 114 Å². The fraction of sp³-hybridized carbons (Fsp3) is 0.667. The molecule has 1 aromatic heterocycles. The Bertz CT molecular complexity index is 467. The molecule has 0 radical (unpaired) electrons. The fourth-order valence-corrected chi connectivity index (χ4v) is 4.48. The van der Waals surface area contributed by atoms with Crippen molar-refractivity contribution in [3.63, 3.8) is 0 Å². The van der Waals surface area contributed by atoms with Crippen molar-refractivity contribution in [3.8, 4) is 0 Å².